The molecule has 1 aromatic carbocycles. The number of rotatable bonds is 16. The second-order valence-electron chi connectivity index (χ2n) is 6.85. The van der Waals surface area contributed by atoms with Crippen molar-refractivity contribution in [2.75, 3.05) is 39.6 Å². The Hall–Kier alpha value is -1.78. The maximum Gasteiger partial charge on any atom is 0.111 e. The van der Waals surface area contributed by atoms with Crippen molar-refractivity contribution >= 4 is 11.1 Å². The Bertz CT molecular complexity index is 509. The molecule has 158 valence electrons. The van der Waals surface area contributed by atoms with Gasteiger partial charge in [-0.25, -0.2) is 0 Å². The number of unbranched alkanes of at least 4 members (excludes halogenated alkanes) is 2. The van der Waals surface area contributed by atoms with Gasteiger partial charge in [0.1, 0.15) is 13.2 Å². The number of ether oxygens (including phenoxy) is 4. The van der Waals surface area contributed by atoms with Gasteiger partial charge in [-0.2, -0.15) is 0 Å². The number of allylic oxidation sites excluding steroid dienone is 2. The first kappa shape index (κ1) is 24.3. The van der Waals surface area contributed by atoms with E-state index in [1.165, 1.54) is 0 Å². The van der Waals surface area contributed by atoms with E-state index in [0.717, 1.165) is 61.2 Å². The fraction of sp³-hybridized carbons (Fsp3) is 0.583. The van der Waals surface area contributed by atoms with Gasteiger partial charge in [0.05, 0.1) is 25.7 Å². The minimum atomic E-state index is 0.584. The van der Waals surface area contributed by atoms with E-state index in [4.69, 9.17) is 18.9 Å². The van der Waals surface area contributed by atoms with Crippen molar-refractivity contribution in [3.63, 3.8) is 0 Å². The van der Waals surface area contributed by atoms with Gasteiger partial charge in [0.15, 0.2) is 0 Å². The molecule has 0 aromatic heterocycles. The highest BCUT2D eigenvalue weighted by molar-refractivity contribution is 5.68. The van der Waals surface area contributed by atoms with Crippen LogP contribution < -0.4 is 0 Å². The third kappa shape index (κ3) is 11.2. The highest BCUT2D eigenvalue weighted by atomic mass is 16.5. The Labute approximate surface area is 171 Å². The van der Waals surface area contributed by atoms with Crippen molar-refractivity contribution in [3.8, 4) is 0 Å². The fourth-order valence-electron chi connectivity index (χ4n) is 2.41. The standard InChI is InChI=1S/C24H38O4/c1-5-7-13-25-15-17-27-19-21(3)23-9-11-24(12-10-23)22(4)20-28-18-16-26-14-8-6-2/h9-12,19-20H,5-8,13-18H2,1-4H3/b21-19-,22-20-. The molecular weight excluding hydrogens is 352 g/mol. The van der Waals surface area contributed by atoms with Crippen LogP contribution >= 0.6 is 0 Å². The lowest BCUT2D eigenvalue weighted by atomic mass is 10.0. The molecule has 0 spiro atoms. The second kappa shape index (κ2) is 16.2. The van der Waals surface area contributed by atoms with Crippen molar-refractivity contribution < 1.29 is 18.9 Å². The summed E-state index contributed by atoms with van der Waals surface area (Å²) in [6.07, 6.45) is 8.14. The fourth-order valence-corrected chi connectivity index (χ4v) is 2.41. The summed E-state index contributed by atoms with van der Waals surface area (Å²) >= 11 is 0. The van der Waals surface area contributed by atoms with Crippen molar-refractivity contribution in [1.82, 2.24) is 0 Å². The van der Waals surface area contributed by atoms with Crippen molar-refractivity contribution in [2.24, 2.45) is 0 Å². The summed E-state index contributed by atoms with van der Waals surface area (Å²) in [4.78, 5) is 0. The van der Waals surface area contributed by atoms with E-state index in [-0.39, 0.29) is 0 Å². The predicted molar refractivity (Wildman–Crippen MR) is 117 cm³/mol. The Kier molecular flexibility index (Phi) is 14.0. The zero-order valence-electron chi connectivity index (χ0n) is 18.2. The van der Waals surface area contributed by atoms with E-state index >= 15 is 0 Å². The topological polar surface area (TPSA) is 36.9 Å². The quantitative estimate of drug-likeness (QED) is 0.253. The molecule has 0 saturated heterocycles. The molecule has 0 aliphatic rings. The van der Waals surface area contributed by atoms with E-state index in [9.17, 15) is 0 Å². The summed E-state index contributed by atoms with van der Waals surface area (Å²) in [6.45, 7) is 12.5. The molecule has 4 nitrogen and oxygen atoms in total. The first-order valence-electron chi connectivity index (χ1n) is 10.5. The first-order chi connectivity index (χ1) is 13.7. The molecule has 0 radical (unpaired) electrons. The molecule has 0 saturated carbocycles. The van der Waals surface area contributed by atoms with Gasteiger partial charge in [0.2, 0.25) is 0 Å². The van der Waals surface area contributed by atoms with Crippen LogP contribution in [0.2, 0.25) is 0 Å². The highest BCUT2D eigenvalue weighted by Crippen LogP contribution is 2.19. The molecule has 0 N–H and O–H groups in total. The predicted octanol–water partition coefficient (Wildman–Crippen LogP) is 6.07. The lowest BCUT2D eigenvalue weighted by molar-refractivity contribution is 0.0834. The monoisotopic (exact) mass is 390 g/mol. The molecule has 0 heterocycles. The van der Waals surface area contributed by atoms with E-state index in [2.05, 4.69) is 52.0 Å². The van der Waals surface area contributed by atoms with Gasteiger partial charge in [-0.3, -0.25) is 0 Å². The van der Waals surface area contributed by atoms with Crippen LogP contribution in [0, 0.1) is 0 Å². The molecule has 0 unspecified atom stereocenters. The molecular formula is C24H38O4. The maximum atomic E-state index is 5.58. The Balaban J connectivity index is 2.34. The van der Waals surface area contributed by atoms with Gasteiger partial charge in [-0.1, -0.05) is 51.0 Å². The summed E-state index contributed by atoms with van der Waals surface area (Å²) in [5.41, 5.74) is 4.49. The first-order valence-corrected chi connectivity index (χ1v) is 10.5. The van der Waals surface area contributed by atoms with Gasteiger partial charge in [0, 0.05) is 13.2 Å². The number of benzene rings is 1. The molecule has 0 atom stereocenters. The van der Waals surface area contributed by atoms with Crippen LogP contribution in [-0.4, -0.2) is 39.6 Å². The SMILES string of the molecule is CCCCOCCO/C=C(/C)c1ccc(/C(C)=C\OCCOCCCC)cc1. The van der Waals surface area contributed by atoms with Crippen LogP contribution in [-0.2, 0) is 18.9 Å². The van der Waals surface area contributed by atoms with Crippen LogP contribution in [0.15, 0.2) is 36.8 Å². The normalized spacial score (nSPS) is 12.3. The van der Waals surface area contributed by atoms with Crippen LogP contribution in [0.4, 0.5) is 0 Å². The smallest absolute Gasteiger partial charge is 0.111 e. The largest absolute Gasteiger partial charge is 0.498 e. The minimum Gasteiger partial charge on any atom is -0.498 e. The minimum absolute atomic E-state index is 0.584. The van der Waals surface area contributed by atoms with Gasteiger partial charge in [-0.15, -0.1) is 0 Å². The Morgan fingerprint density at radius 1 is 0.643 bits per heavy atom. The molecule has 0 bridgehead atoms. The molecule has 28 heavy (non-hydrogen) atoms. The molecule has 0 aliphatic carbocycles. The lowest BCUT2D eigenvalue weighted by Gasteiger charge is -2.08. The molecule has 1 rings (SSSR count). The van der Waals surface area contributed by atoms with Gasteiger partial charge < -0.3 is 18.9 Å². The van der Waals surface area contributed by atoms with Crippen LogP contribution in [0.5, 0.6) is 0 Å². The van der Waals surface area contributed by atoms with E-state index < -0.39 is 0 Å². The van der Waals surface area contributed by atoms with Crippen LogP contribution in [0.3, 0.4) is 0 Å². The van der Waals surface area contributed by atoms with Crippen molar-refractivity contribution in [3.05, 3.63) is 47.9 Å². The molecule has 4 heteroatoms. The zero-order chi connectivity index (χ0) is 20.5. The lowest BCUT2D eigenvalue weighted by Crippen LogP contribution is -2.02. The second-order valence-corrected chi connectivity index (χ2v) is 6.85. The summed E-state index contributed by atoms with van der Waals surface area (Å²) in [5.74, 6) is 0. The Morgan fingerprint density at radius 2 is 1.04 bits per heavy atom. The zero-order valence-corrected chi connectivity index (χ0v) is 18.2. The van der Waals surface area contributed by atoms with Gasteiger partial charge >= 0.3 is 0 Å². The summed E-state index contributed by atoms with van der Waals surface area (Å²) < 4.78 is 22.1. The molecule has 0 aliphatic heterocycles. The van der Waals surface area contributed by atoms with E-state index in [0.29, 0.717) is 26.4 Å². The number of hydrogen-bond donors (Lipinski definition) is 0. The highest BCUT2D eigenvalue weighted by Gasteiger charge is 2.00. The van der Waals surface area contributed by atoms with Gasteiger partial charge in [0.25, 0.3) is 0 Å². The van der Waals surface area contributed by atoms with Gasteiger partial charge in [-0.05, 0) is 49.0 Å². The molecule has 0 amide bonds. The van der Waals surface area contributed by atoms with Crippen LogP contribution in [0.25, 0.3) is 11.1 Å². The van der Waals surface area contributed by atoms with Crippen molar-refractivity contribution in [1.29, 1.82) is 0 Å². The molecule has 1 aromatic rings. The summed E-state index contributed by atoms with van der Waals surface area (Å²) in [5, 5.41) is 0. The average Bonchev–Trinajstić information content (AvgIpc) is 2.72. The summed E-state index contributed by atoms with van der Waals surface area (Å²) in [6, 6.07) is 8.42. The Morgan fingerprint density at radius 3 is 1.39 bits per heavy atom. The van der Waals surface area contributed by atoms with Crippen LogP contribution in [0.1, 0.15) is 64.5 Å². The average molecular weight is 391 g/mol. The molecule has 0 fully saturated rings. The van der Waals surface area contributed by atoms with E-state index in [1.807, 2.05) is 12.5 Å². The van der Waals surface area contributed by atoms with Crippen molar-refractivity contribution in [2.45, 2.75) is 53.4 Å². The maximum absolute atomic E-state index is 5.58. The number of hydrogen-bond acceptors (Lipinski definition) is 4. The van der Waals surface area contributed by atoms with E-state index in [1.54, 1.807) is 0 Å². The summed E-state index contributed by atoms with van der Waals surface area (Å²) in [7, 11) is 0. The third-order valence-electron chi connectivity index (χ3n) is 4.29. The third-order valence-corrected chi connectivity index (χ3v) is 4.29.